The lowest BCUT2D eigenvalue weighted by molar-refractivity contribution is -0.124. The number of amidine groups is 1. The third-order valence-electron chi connectivity index (χ3n) is 5.59. The maximum atomic E-state index is 13.0. The molecular weight excluding hydrogens is 422 g/mol. The number of benzene rings is 1. The lowest BCUT2D eigenvalue weighted by Crippen LogP contribution is -2.36. The number of hydrogen-bond acceptors (Lipinski definition) is 7. The second-order valence-corrected chi connectivity index (χ2v) is 7.73. The van der Waals surface area contributed by atoms with Crippen molar-refractivity contribution in [3.05, 3.63) is 87.7 Å². The highest BCUT2D eigenvalue weighted by Gasteiger charge is 2.30. The van der Waals surface area contributed by atoms with Crippen molar-refractivity contribution in [2.45, 2.75) is 31.8 Å². The first-order chi connectivity index (χ1) is 16.1. The topological polar surface area (TPSA) is 148 Å². The van der Waals surface area contributed by atoms with Crippen molar-refractivity contribution >= 4 is 17.6 Å². The zero-order valence-electron chi connectivity index (χ0n) is 17.9. The van der Waals surface area contributed by atoms with Crippen LogP contribution in [0.2, 0.25) is 0 Å². The van der Waals surface area contributed by atoms with Gasteiger partial charge in [0.1, 0.15) is 6.04 Å². The van der Waals surface area contributed by atoms with Crippen LogP contribution in [-0.2, 0) is 24.2 Å². The summed E-state index contributed by atoms with van der Waals surface area (Å²) in [6.45, 7) is 0.813. The highest BCUT2D eigenvalue weighted by atomic mass is 16.4. The first-order valence-corrected chi connectivity index (χ1v) is 10.7. The third kappa shape index (κ3) is 5.00. The van der Waals surface area contributed by atoms with Crippen LogP contribution in [0.5, 0.6) is 0 Å². The van der Waals surface area contributed by atoms with E-state index in [4.69, 9.17) is 10.9 Å². The molecule has 0 unspecified atom stereocenters. The largest absolute Gasteiger partial charge is 0.409 e. The Hall–Kier alpha value is -4.21. The average molecular weight is 447 g/mol. The molecule has 10 heteroatoms. The molecule has 0 radical (unpaired) electrons. The van der Waals surface area contributed by atoms with E-state index in [-0.39, 0.29) is 23.1 Å². The van der Waals surface area contributed by atoms with Crippen LogP contribution in [-0.4, -0.2) is 38.0 Å². The van der Waals surface area contributed by atoms with Crippen molar-refractivity contribution in [3.8, 4) is 0 Å². The van der Waals surface area contributed by atoms with Gasteiger partial charge in [0.2, 0.25) is 5.91 Å². The number of nitrogens with zero attached hydrogens (tertiary/aromatic N) is 4. The van der Waals surface area contributed by atoms with E-state index in [9.17, 15) is 9.59 Å². The Morgan fingerprint density at radius 3 is 2.76 bits per heavy atom. The van der Waals surface area contributed by atoms with Gasteiger partial charge in [-0.25, -0.2) is 4.98 Å². The molecule has 10 nitrogen and oxygen atoms in total. The lowest BCUT2D eigenvalue weighted by atomic mass is 10.1. The smallest absolute Gasteiger partial charge is 0.294 e. The van der Waals surface area contributed by atoms with Crippen LogP contribution in [0.25, 0.3) is 0 Å². The maximum absolute atomic E-state index is 13.0. The van der Waals surface area contributed by atoms with E-state index in [0.29, 0.717) is 37.9 Å². The molecule has 1 aliphatic heterocycles. The number of hydrogen-bond donors (Lipinski definition) is 4. The quantitative estimate of drug-likeness (QED) is 0.175. The van der Waals surface area contributed by atoms with Gasteiger partial charge in [0.15, 0.2) is 11.7 Å². The van der Waals surface area contributed by atoms with Crippen LogP contribution in [0.3, 0.4) is 0 Å². The van der Waals surface area contributed by atoms with E-state index >= 15 is 0 Å². The minimum Gasteiger partial charge on any atom is -0.409 e. The summed E-state index contributed by atoms with van der Waals surface area (Å²) in [4.78, 5) is 34.4. The maximum Gasteiger partial charge on any atom is 0.294 e. The molecule has 33 heavy (non-hydrogen) atoms. The van der Waals surface area contributed by atoms with Crippen LogP contribution in [0, 0.1) is 0 Å². The van der Waals surface area contributed by atoms with Gasteiger partial charge in [0, 0.05) is 48.9 Å². The van der Waals surface area contributed by atoms with Crippen LogP contribution in [0.1, 0.15) is 35.0 Å². The molecule has 0 saturated carbocycles. The molecule has 0 bridgehead atoms. The molecule has 0 spiro atoms. The summed E-state index contributed by atoms with van der Waals surface area (Å²) < 4.78 is 1.53. The molecule has 3 aromatic rings. The van der Waals surface area contributed by atoms with Gasteiger partial charge in [-0.3, -0.25) is 19.1 Å². The SMILES string of the molecule is NC(=NO)c1ccc(CNC(=O)[C@@H]2CCc3cnc(NCCc4ccccn4)c(=O)n32)cc1. The zero-order chi connectivity index (χ0) is 23.2. The van der Waals surface area contributed by atoms with Gasteiger partial charge >= 0.3 is 0 Å². The lowest BCUT2D eigenvalue weighted by Gasteiger charge is -2.16. The summed E-state index contributed by atoms with van der Waals surface area (Å²) in [6, 6.07) is 12.1. The third-order valence-corrected chi connectivity index (χ3v) is 5.59. The van der Waals surface area contributed by atoms with Crippen LogP contribution >= 0.6 is 0 Å². The molecule has 1 amide bonds. The highest BCUT2D eigenvalue weighted by Crippen LogP contribution is 2.24. The van der Waals surface area contributed by atoms with Crippen molar-refractivity contribution in [1.82, 2.24) is 19.9 Å². The van der Waals surface area contributed by atoms with Crippen molar-refractivity contribution in [3.63, 3.8) is 0 Å². The van der Waals surface area contributed by atoms with Crippen molar-refractivity contribution in [2.24, 2.45) is 10.9 Å². The van der Waals surface area contributed by atoms with E-state index in [0.717, 1.165) is 17.0 Å². The van der Waals surface area contributed by atoms with E-state index < -0.39 is 6.04 Å². The molecule has 4 rings (SSSR count). The molecule has 1 atom stereocenters. The Labute approximate surface area is 190 Å². The van der Waals surface area contributed by atoms with Gasteiger partial charge in [-0.2, -0.15) is 0 Å². The van der Waals surface area contributed by atoms with Gasteiger partial charge in [0.05, 0.1) is 0 Å². The zero-order valence-corrected chi connectivity index (χ0v) is 17.9. The number of amides is 1. The number of nitrogens with one attached hydrogen (secondary N) is 2. The standard InChI is InChI=1S/C23H25N7O3/c24-20(29-33)16-6-4-15(5-7-16)13-28-22(31)19-9-8-18-14-27-21(23(32)30(18)19)26-12-10-17-3-1-2-11-25-17/h1-7,11,14,19,33H,8-10,12-13H2,(H2,24,29)(H,26,27)(H,28,31)/t19-/m0/s1. The first-order valence-electron chi connectivity index (χ1n) is 10.7. The predicted molar refractivity (Wildman–Crippen MR) is 123 cm³/mol. The summed E-state index contributed by atoms with van der Waals surface area (Å²) in [7, 11) is 0. The molecule has 1 aliphatic rings. The fraction of sp³-hybridized carbons (Fsp3) is 0.261. The summed E-state index contributed by atoms with van der Waals surface area (Å²) >= 11 is 0. The highest BCUT2D eigenvalue weighted by molar-refractivity contribution is 5.97. The Balaban J connectivity index is 1.40. The van der Waals surface area contributed by atoms with Crippen molar-refractivity contribution < 1.29 is 10.0 Å². The second kappa shape index (κ2) is 9.94. The number of pyridine rings is 1. The fourth-order valence-electron chi connectivity index (χ4n) is 3.82. The fourth-order valence-corrected chi connectivity index (χ4v) is 3.82. The average Bonchev–Trinajstić information content (AvgIpc) is 3.29. The normalized spacial score (nSPS) is 15.2. The van der Waals surface area contributed by atoms with Gasteiger partial charge in [-0.05, 0) is 30.5 Å². The Kier molecular flexibility index (Phi) is 6.63. The minimum atomic E-state index is -0.580. The molecule has 0 aliphatic carbocycles. The van der Waals surface area contributed by atoms with Crippen LogP contribution in [0.15, 0.2) is 64.8 Å². The Morgan fingerprint density at radius 1 is 1.21 bits per heavy atom. The van der Waals surface area contributed by atoms with Crippen molar-refractivity contribution in [1.29, 1.82) is 0 Å². The van der Waals surface area contributed by atoms with Crippen molar-refractivity contribution in [2.75, 3.05) is 11.9 Å². The number of carbonyl (C=O) groups excluding carboxylic acids is 1. The molecular formula is C23H25N7O3. The van der Waals surface area contributed by atoms with E-state index in [2.05, 4.69) is 25.8 Å². The molecule has 1 aromatic carbocycles. The molecule has 0 saturated heterocycles. The number of aryl methyl sites for hydroxylation is 1. The Morgan fingerprint density at radius 2 is 2.03 bits per heavy atom. The van der Waals surface area contributed by atoms with E-state index in [1.807, 2.05) is 18.2 Å². The monoisotopic (exact) mass is 447 g/mol. The number of nitrogens with two attached hydrogens (primary N) is 1. The number of rotatable bonds is 8. The number of aromatic nitrogens is 3. The molecule has 0 fully saturated rings. The number of anilines is 1. The summed E-state index contributed by atoms with van der Waals surface area (Å²) in [5, 5.41) is 17.7. The number of carbonyl (C=O) groups is 1. The predicted octanol–water partition coefficient (Wildman–Crippen LogP) is 1.19. The van der Waals surface area contributed by atoms with Gasteiger partial charge in [-0.15, -0.1) is 0 Å². The van der Waals surface area contributed by atoms with Gasteiger partial charge in [0.25, 0.3) is 5.56 Å². The van der Waals surface area contributed by atoms with E-state index in [1.165, 1.54) is 4.57 Å². The van der Waals surface area contributed by atoms with E-state index in [1.54, 1.807) is 36.7 Å². The molecule has 170 valence electrons. The van der Waals surface area contributed by atoms with Crippen LogP contribution in [0.4, 0.5) is 5.82 Å². The van der Waals surface area contributed by atoms with Gasteiger partial charge < -0.3 is 21.6 Å². The summed E-state index contributed by atoms with van der Waals surface area (Å²) in [6.07, 6.45) is 5.20. The molecule has 5 N–H and O–H groups in total. The molecule has 3 heterocycles. The summed E-state index contributed by atoms with van der Waals surface area (Å²) in [5.41, 5.74) is 8.38. The summed E-state index contributed by atoms with van der Waals surface area (Å²) in [5.74, 6) is 0.0284. The first kappa shape index (κ1) is 22.0. The Bertz CT molecular complexity index is 1210. The van der Waals surface area contributed by atoms with Gasteiger partial charge in [-0.1, -0.05) is 35.5 Å². The number of fused-ring (bicyclic) bond motifs is 1. The number of oxime groups is 1. The van der Waals surface area contributed by atoms with Crippen LogP contribution < -0.4 is 21.9 Å². The minimum absolute atomic E-state index is 0.0191. The second-order valence-electron chi connectivity index (χ2n) is 7.73. The molecule has 2 aromatic heterocycles.